The van der Waals surface area contributed by atoms with Crippen molar-refractivity contribution in [1.82, 2.24) is 20.4 Å². The van der Waals surface area contributed by atoms with E-state index < -0.39 is 40.6 Å². The van der Waals surface area contributed by atoms with Gasteiger partial charge >= 0.3 is 12.3 Å². The number of amides is 3. The summed E-state index contributed by atoms with van der Waals surface area (Å²) >= 11 is 0. The van der Waals surface area contributed by atoms with Gasteiger partial charge in [0.1, 0.15) is 0 Å². The minimum Gasteiger partial charge on any atom is -0.465 e. The number of aromatic nitrogens is 2. The topological polar surface area (TPSA) is 168 Å². The number of rotatable bonds is 11. The Balaban J connectivity index is 1.43. The van der Waals surface area contributed by atoms with Gasteiger partial charge < -0.3 is 26.8 Å². The van der Waals surface area contributed by atoms with Crippen molar-refractivity contribution in [3.63, 3.8) is 0 Å². The molecule has 0 radical (unpaired) electrons. The molecule has 1 aromatic carbocycles. The number of primary amides is 1. The number of Topliss-reactive ketones (excluding diaryl/α,β-unsaturated/α-hetero) is 1. The third kappa shape index (κ3) is 8.08. The molecule has 0 bridgehead atoms. The molecule has 1 aromatic heterocycles. The number of halogens is 3. The zero-order valence-electron chi connectivity index (χ0n) is 24.9. The average molecular weight is 621 g/mol. The molecule has 1 heterocycles. The summed E-state index contributed by atoms with van der Waals surface area (Å²) in [4.78, 5) is 47.9. The van der Waals surface area contributed by atoms with Crippen LogP contribution in [0.5, 0.6) is 0 Å². The van der Waals surface area contributed by atoms with Gasteiger partial charge in [-0.1, -0.05) is 20.3 Å². The minimum absolute atomic E-state index is 0.00606. The second kappa shape index (κ2) is 13.3. The highest BCUT2D eigenvalue weighted by atomic mass is 19.4. The largest absolute Gasteiger partial charge is 0.465 e. The van der Waals surface area contributed by atoms with E-state index in [-0.39, 0.29) is 47.8 Å². The molecule has 2 aliphatic rings. The molecule has 1 fully saturated rings. The Morgan fingerprint density at radius 3 is 2.39 bits per heavy atom. The SMILES string of the molecule is CC1(C)CC(=O)c2c(C(F)(F)F)nn(-c3ccc(C(N)=O)c(N[C@H]4CC[C@H](NC(=O)CCCCCNC(=O)O)CC4)c3)c2C1. The van der Waals surface area contributed by atoms with Crippen LogP contribution in [0.25, 0.3) is 5.69 Å². The summed E-state index contributed by atoms with van der Waals surface area (Å²) in [7, 11) is 0. The highest BCUT2D eigenvalue weighted by molar-refractivity contribution is 6.00. The summed E-state index contributed by atoms with van der Waals surface area (Å²) in [6, 6.07) is 4.38. The van der Waals surface area contributed by atoms with Gasteiger partial charge in [-0.15, -0.1) is 0 Å². The molecule has 3 amide bonds. The van der Waals surface area contributed by atoms with E-state index in [1.54, 1.807) is 6.07 Å². The standard InChI is InChI=1S/C30H39F3N6O5/c1-29(2)15-22-25(23(40)16-29)26(30(31,32)33)38-39(22)19-11-12-20(27(34)42)21(14-19)36-17-7-9-18(10-8-17)37-24(41)6-4-3-5-13-35-28(43)44/h11-12,14,17-18,35-36H,3-10,13,15-16H2,1-2H3,(H2,34,42)(H,37,41)(H,43,44)/t17-,18-. The van der Waals surface area contributed by atoms with Crippen molar-refractivity contribution < 1.29 is 37.5 Å². The Bertz CT molecular complexity index is 1410. The van der Waals surface area contributed by atoms with Crippen LogP contribution < -0.4 is 21.7 Å². The number of alkyl halides is 3. The van der Waals surface area contributed by atoms with E-state index in [0.717, 1.165) is 11.1 Å². The molecule has 2 aliphatic carbocycles. The number of anilines is 1. The zero-order chi connectivity index (χ0) is 32.2. The van der Waals surface area contributed by atoms with Crippen LogP contribution in [0.1, 0.15) is 104 Å². The number of nitrogens with zero attached hydrogens (tertiary/aromatic N) is 2. The molecule has 240 valence electrons. The highest BCUT2D eigenvalue weighted by Crippen LogP contribution is 2.42. The molecule has 0 unspecified atom stereocenters. The van der Waals surface area contributed by atoms with Crippen molar-refractivity contribution in [2.75, 3.05) is 11.9 Å². The Hall–Kier alpha value is -4.10. The molecule has 14 heteroatoms. The lowest BCUT2D eigenvalue weighted by Gasteiger charge is -2.31. The van der Waals surface area contributed by atoms with Crippen molar-refractivity contribution in [1.29, 1.82) is 0 Å². The summed E-state index contributed by atoms with van der Waals surface area (Å²) < 4.78 is 42.9. The molecular formula is C30H39F3N6O5. The first-order valence-corrected chi connectivity index (χ1v) is 14.8. The molecule has 4 rings (SSSR count). The lowest BCUT2D eigenvalue weighted by Crippen LogP contribution is -2.40. The van der Waals surface area contributed by atoms with E-state index in [2.05, 4.69) is 21.0 Å². The number of carboxylic acid groups (broad SMARTS) is 1. The van der Waals surface area contributed by atoms with Crippen molar-refractivity contribution in [2.24, 2.45) is 11.1 Å². The predicted molar refractivity (Wildman–Crippen MR) is 156 cm³/mol. The molecule has 1 saturated carbocycles. The summed E-state index contributed by atoms with van der Waals surface area (Å²) in [5.74, 6) is -1.36. The molecule has 44 heavy (non-hydrogen) atoms. The number of carbonyl (C=O) groups excluding carboxylic acids is 3. The van der Waals surface area contributed by atoms with Crippen LogP contribution in [0.15, 0.2) is 18.2 Å². The number of carbonyl (C=O) groups is 4. The van der Waals surface area contributed by atoms with Gasteiger partial charge in [-0.3, -0.25) is 14.4 Å². The maximum absolute atomic E-state index is 13.9. The molecule has 6 N–H and O–H groups in total. The van der Waals surface area contributed by atoms with Crippen molar-refractivity contribution >= 4 is 29.4 Å². The first-order chi connectivity index (χ1) is 20.6. The lowest BCUT2D eigenvalue weighted by molar-refractivity contribution is -0.141. The van der Waals surface area contributed by atoms with Crippen LogP contribution in [0.4, 0.5) is 23.7 Å². The second-order valence-corrected chi connectivity index (χ2v) is 12.4. The van der Waals surface area contributed by atoms with E-state index in [0.29, 0.717) is 57.2 Å². The lowest BCUT2D eigenvalue weighted by atomic mass is 9.75. The summed E-state index contributed by atoms with van der Waals surface area (Å²) in [5, 5.41) is 21.1. The Labute approximate surface area is 253 Å². The zero-order valence-corrected chi connectivity index (χ0v) is 24.9. The number of hydrogen-bond donors (Lipinski definition) is 5. The van der Waals surface area contributed by atoms with Crippen LogP contribution in [0, 0.1) is 5.41 Å². The molecule has 0 aliphatic heterocycles. The number of hydrogen-bond acceptors (Lipinski definition) is 6. The fourth-order valence-corrected chi connectivity index (χ4v) is 6.04. The Morgan fingerprint density at radius 2 is 1.75 bits per heavy atom. The highest BCUT2D eigenvalue weighted by Gasteiger charge is 2.45. The molecule has 0 saturated heterocycles. The van der Waals surface area contributed by atoms with E-state index in [4.69, 9.17) is 10.8 Å². The van der Waals surface area contributed by atoms with Gasteiger partial charge in [-0.25, -0.2) is 9.48 Å². The number of nitrogens with one attached hydrogen (secondary N) is 3. The normalized spacial score (nSPS) is 19.6. The summed E-state index contributed by atoms with van der Waals surface area (Å²) in [6.07, 6.45) is -0.538. The van der Waals surface area contributed by atoms with Crippen LogP contribution in [0.3, 0.4) is 0 Å². The van der Waals surface area contributed by atoms with E-state index in [1.807, 2.05) is 13.8 Å². The molecule has 2 aromatic rings. The molecular weight excluding hydrogens is 581 g/mol. The van der Waals surface area contributed by atoms with Gasteiger partial charge in [0.2, 0.25) is 5.91 Å². The fourth-order valence-electron chi connectivity index (χ4n) is 6.04. The maximum Gasteiger partial charge on any atom is 0.435 e. The fraction of sp³-hybridized carbons (Fsp3) is 0.567. The van der Waals surface area contributed by atoms with Gasteiger partial charge in [0.05, 0.1) is 22.5 Å². The smallest absolute Gasteiger partial charge is 0.435 e. The Kier molecular flexibility index (Phi) is 9.89. The first kappa shape index (κ1) is 32.8. The summed E-state index contributed by atoms with van der Waals surface area (Å²) in [5.41, 5.74) is 4.45. The number of unbranched alkanes of at least 4 members (excludes halogenated alkanes) is 2. The third-order valence-electron chi connectivity index (χ3n) is 8.14. The average Bonchev–Trinajstić information content (AvgIpc) is 3.31. The number of fused-ring (bicyclic) bond motifs is 1. The monoisotopic (exact) mass is 620 g/mol. The van der Waals surface area contributed by atoms with Crippen molar-refractivity contribution in [3.8, 4) is 5.69 Å². The number of ketones is 1. The van der Waals surface area contributed by atoms with Crippen LogP contribution in [-0.4, -0.2) is 57.2 Å². The van der Waals surface area contributed by atoms with Gasteiger partial charge in [0, 0.05) is 37.2 Å². The molecule has 0 spiro atoms. The predicted octanol–water partition coefficient (Wildman–Crippen LogP) is 4.81. The van der Waals surface area contributed by atoms with Crippen LogP contribution in [0.2, 0.25) is 0 Å². The van der Waals surface area contributed by atoms with Crippen molar-refractivity contribution in [2.45, 2.75) is 96.3 Å². The maximum atomic E-state index is 13.9. The molecule has 0 atom stereocenters. The second-order valence-electron chi connectivity index (χ2n) is 12.4. The van der Waals surface area contributed by atoms with Crippen molar-refractivity contribution in [3.05, 3.63) is 40.7 Å². The van der Waals surface area contributed by atoms with E-state index in [9.17, 15) is 32.3 Å². The van der Waals surface area contributed by atoms with E-state index in [1.165, 1.54) is 12.1 Å². The van der Waals surface area contributed by atoms with Gasteiger partial charge in [0.15, 0.2) is 11.5 Å². The third-order valence-corrected chi connectivity index (χ3v) is 8.14. The van der Waals surface area contributed by atoms with Crippen LogP contribution >= 0.6 is 0 Å². The quantitative estimate of drug-likeness (QED) is 0.225. The van der Waals surface area contributed by atoms with Gasteiger partial charge in [-0.2, -0.15) is 18.3 Å². The molecule has 11 nitrogen and oxygen atoms in total. The summed E-state index contributed by atoms with van der Waals surface area (Å²) in [6.45, 7) is 4.00. The Morgan fingerprint density at radius 1 is 1.07 bits per heavy atom. The van der Waals surface area contributed by atoms with E-state index >= 15 is 0 Å². The first-order valence-electron chi connectivity index (χ1n) is 14.8. The van der Waals surface area contributed by atoms with Gasteiger partial charge in [0.25, 0.3) is 5.91 Å². The van der Waals surface area contributed by atoms with Crippen LogP contribution in [-0.2, 0) is 17.4 Å². The number of benzene rings is 1. The van der Waals surface area contributed by atoms with Gasteiger partial charge in [-0.05, 0) is 68.6 Å². The minimum atomic E-state index is -4.81. The number of nitrogens with two attached hydrogens (primary N) is 1.